The first-order chi connectivity index (χ1) is 14.3. The zero-order valence-electron chi connectivity index (χ0n) is 16.7. The fourth-order valence-corrected chi connectivity index (χ4v) is 8.78. The lowest BCUT2D eigenvalue weighted by Gasteiger charge is -2.34. The predicted octanol–water partition coefficient (Wildman–Crippen LogP) is 3.08. The topological polar surface area (TPSA) is 18.5 Å². The molecule has 3 heteroatoms. The smallest absolute Gasteiger partial charge is 0.179 e. The van der Waals surface area contributed by atoms with Crippen molar-refractivity contribution in [1.29, 1.82) is 0 Å². The van der Waals surface area contributed by atoms with Gasteiger partial charge in [0.1, 0.15) is 11.5 Å². The van der Waals surface area contributed by atoms with Gasteiger partial charge in [-0.3, -0.25) is 0 Å². The van der Waals surface area contributed by atoms with Crippen LogP contribution in [-0.4, -0.2) is 22.3 Å². The molecule has 4 aromatic carbocycles. The summed E-state index contributed by atoms with van der Waals surface area (Å²) < 4.78 is 10.9. The van der Waals surface area contributed by atoms with Gasteiger partial charge in [-0.05, 0) is 45.0 Å². The van der Waals surface area contributed by atoms with Crippen molar-refractivity contribution in [3.05, 3.63) is 109 Å². The Balaban J connectivity index is 2.06. The molecule has 0 aliphatic rings. The van der Waals surface area contributed by atoms with E-state index in [0.29, 0.717) is 0 Å². The van der Waals surface area contributed by atoms with Gasteiger partial charge in [0.25, 0.3) is 0 Å². The highest BCUT2D eigenvalue weighted by atomic mass is 28.3. The van der Waals surface area contributed by atoms with Crippen molar-refractivity contribution in [2.75, 3.05) is 14.2 Å². The lowest BCUT2D eigenvalue weighted by atomic mass is 10.3. The van der Waals surface area contributed by atoms with Crippen LogP contribution in [0.2, 0.25) is 0 Å². The Morgan fingerprint density at radius 1 is 0.414 bits per heavy atom. The Bertz CT molecular complexity index is 954. The SMILES string of the molecule is COc1ccc([Si](c2ccccc2)(c2ccccc2)c2ccc(OC)cc2)cc1. The fraction of sp³-hybridized carbons (Fsp3) is 0.0769. The summed E-state index contributed by atoms with van der Waals surface area (Å²) in [4.78, 5) is 0. The number of rotatable bonds is 6. The van der Waals surface area contributed by atoms with Gasteiger partial charge in [0.15, 0.2) is 8.07 Å². The molecule has 0 atom stereocenters. The second-order valence-electron chi connectivity index (χ2n) is 6.94. The van der Waals surface area contributed by atoms with Crippen LogP contribution in [0.25, 0.3) is 0 Å². The first-order valence-corrected chi connectivity index (χ1v) is 11.7. The van der Waals surface area contributed by atoms with Gasteiger partial charge in [0.05, 0.1) is 14.2 Å². The highest BCUT2D eigenvalue weighted by Gasteiger charge is 2.41. The van der Waals surface area contributed by atoms with Crippen LogP contribution < -0.4 is 30.2 Å². The average molecular weight is 397 g/mol. The molecule has 0 fully saturated rings. The predicted molar refractivity (Wildman–Crippen MR) is 123 cm³/mol. The largest absolute Gasteiger partial charge is 0.497 e. The number of methoxy groups -OCH3 is 2. The summed E-state index contributed by atoms with van der Waals surface area (Å²) in [5.41, 5.74) is 0. The fourth-order valence-electron chi connectivity index (χ4n) is 4.06. The number of hydrogen-bond donors (Lipinski definition) is 0. The first kappa shape index (κ1) is 19.0. The highest BCUT2D eigenvalue weighted by molar-refractivity contribution is 7.19. The van der Waals surface area contributed by atoms with Crippen LogP contribution in [-0.2, 0) is 0 Å². The van der Waals surface area contributed by atoms with E-state index in [9.17, 15) is 0 Å². The number of ether oxygens (including phenoxy) is 2. The van der Waals surface area contributed by atoms with Crippen LogP contribution in [0.5, 0.6) is 11.5 Å². The van der Waals surface area contributed by atoms with E-state index in [1.807, 2.05) is 0 Å². The van der Waals surface area contributed by atoms with E-state index in [4.69, 9.17) is 9.47 Å². The second kappa shape index (κ2) is 8.37. The molecule has 0 saturated carbocycles. The summed E-state index contributed by atoms with van der Waals surface area (Å²) in [7, 11) is 0.929. The molecule has 0 bridgehead atoms. The summed E-state index contributed by atoms with van der Waals surface area (Å²) in [5.74, 6) is 1.74. The van der Waals surface area contributed by atoms with Crippen LogP contribution in [0.3, 0.4) is 0 Å². The van der Waals surface area contributed by atoms with E-state index >= 15 is 0 Å². The van der Waals surface area contributed by atoms with Gasteiger partial charge in [0.2, 0.25) is 0 Å². The Kier molecular flexibility index (Phi) is 5.50. The molecular formula is C26H24O2Si. The molecule has 2 nitrogen and oxygen atoms in total. The van der Waals surface area contributed by atoms with Gasteiger partial charge >= 0.3 is 0 Å². The summed E-state index contributed by atoms with van der Waals surface area (Å²) >= 11 is 0. The molecule has 0 N–H and O–H groups in total. The molecule has 0 radical (unpaired) electrons. The van der Waals surface area contributed by atoms with Crippen molar-refractivity contribution in [3.63, 3.8) is 0 Å². The third-order valence-electron chi connectivity index (χ3n) is 5.46. The van der Waals surface area contributed by atoms with Crippen molar-refractivity contribution in [3.8, 4) is 11.5 Å². The molecule has 144 valence electrons. The van der Waals surface area contributed by atoms with E-state index < -0.39 is 8.07 Å². The summed E-state index contributed by atoms with van der Waals surface area (Å²) in [6.45, 7) is 0. The first-order valence-electron chi connectivity index (χ1n) is 9.69. The van der Waals surface area contributed by atoms with E-state index in [0.717, 1.165) is 11.5 Å². The maximum atomic E-state index is 5.43. The lowest BCUT2D eigenvalue weighted by Crippen LogP contribution is -2.74. The van der Waals surface area contributed by atoms with Gasteiger partial charge in [-0.1, -0.05) is 84.9 Å². The molecule has 0 aliphatic carbocycles. The molecule has 0 spiro atoms. The third-order valence-corrected chi connectivity index (χ3v) is 10.3. The summed E-state index contributed by atoms with van der Waals surface area (Å²) in [6, 6.07) is 38.8. The van der Waals surface area contributed by atoms with Gasteiger partial charge in [-0.25, -0.2) is 0 Å². The molecule has 29 heavy (non-hydrogen) atoms. The highest BCUT2D eigenvalue weighted by Crippen LogP contribution is 2.15. The van der Waals surface area contributed by atoms with Crippen molar-refractivity contribution in [2.45, 2.75) is 0 Å². The van der Waals surface area contributed by atoms with Crippen LogP contribution >= 0.6 is 0 Å². The Hall–Kier alpha value is -3.30. The van der Waals surface area contributed by atoms with Crippen molar-refractivity contribution in [2.24, 2.45) is 0 Å². The van der Waals surface area contributed by atoms with Gasteiger partial charge in [-0.15, -0.1) is 0 Å². The monoisotopic (exact) mass is 396 g/mol. The molecule has 0 amide bonds. The van der Waals surface area contributed by atoms with Crippen LogP contribution in [0.1, 0.15) is 0 Å². The minimum Gasteiger partial charge on any atom is -0.497 e. The molecule has 0 aliphatic heterocycles. The number of hydrogen-bond acceptors (Lipinski definition) is 2. The molecule has 0 heterocycles. The maximum Gasteiger partial charge on any atom is 0.179 e. The molecular weight excluding hydrogens is 372 g/mol. The van der Waals surface area contributed by atoms with E-state index in [2.05, 4.69) is 109 Å². The van der Waals surface area contributed by atoms with Gasteiger partial charge in [0, 0.05) is 0 Å². The minimum atomic E-state index is -2.48. The minimum absolute atomic E-state index is 0.868. The summed E-state index contributed by atoms with van der Waals surface area (Å²) in [5, 5.41) is 5.34. The second-order valence-corrected chi connectivity index (χ2v) is 10.7. The van der Waals surface area contributed by atoms with E-state index in [1.165, 1.54) is 20.7 Å². The molecule has 0 aromatic heterocycles. The Labute approximate surface area is 173 Å². The average Bonchev–Trinajstić information content (AvgIpc) is 2.82. The molecule has 4 aromatic rings. The maximum absolute atomic E-state index is 5.43. The van der Waals surface area contributed by atoms with Gasteiger partial charge in [-0.2, -0.15) is 0 Å². The zero-order chi connectivity index (χ0) is 20.1. The Morgan fingerprint density at radius 3 is 1.03 bits per heavy atom. The molecule has 0 saturated heterocycles. The quantitative estimate of drug-likeness (QED) is 0.368. The van der Waals surface area contributed by atoms with Gasteiger partial charge < -0.3 is 9.47 Å². The number of benzene rings is 4. The van der Waals surface area contributed by atoms with Crippen molar-refractivity contribution in [1.82, 2.24) is 0 Å². The Morgan fingerprint density at radius 2 is 0.724 bits per heavy atom. The lowest BCUT2D eigenvalue weighted by molar-refractivity contribution is 0.415. The normalized spacial score (nSPS) is 11.1. The van der Waals surface area contributed by atoms with Crippen LogP contribution in [0.15, 0.2) is 109 Å². The van der Waals surface area contributed by atoms with Crippen LogP contribution in [0, 0.1) is 0 Å². The van der Waals surface area contributed by atoms with Crippen LogP contribution in [0.4, 0.5) is 0 Å². The summed E-state index contributed by atoms with van der Waals surface area (Å²) in [6.07, 6.45) is 0. The zero-order valence-corrected chi connectivity index (χ0v) is 17.7. The molecule has 0 unspecified atom stereocenters. The van der Waals surface area contributed by atoms with E-state index in [-0.39, 0.29) is 0 Å². The van der Waals surface area contributed by atoms with E-state index in [1.54, 1.807) is 14.2 Å². The standard InChI is InChI=1S/C26H24O2Si/c1-27-21-13-17-25(18-14-21)29(23-9-5-3-6-10-23,24-11-7-4-8-12-24)26-19-15-22(28-2)16-20-26/h3-20H,1-2H3. The van der Waals surface area contributed by atoms with Crippen molar-refractivity contribution >= 4 is 28.8 Å². The van der Waals surface area contributed by atoms with Crippen molar-refractivity contribution < 1.29 is 9.47 Å². The molecule has 4 rings (SSSR count). The third kappa shape index (κ3) is 3.45.